The molecule has 0 amide bonds. The van der Waals surface area contributed by atoms with Crippen molar-refractivity contribution in [3.8, 4) is 11.5 Å². The van der Waals surface area contributed by atoms with Gasteiger partial charge in [-0.2, -0.15) is 10.1 Å². The molecule has 0 bridgehead atoms. The van der Waals surface area contributed by atoms with Gasteiger partial charge in [0.05, 0.1) is 18.9 Å². The topological polar surface area (TPSA) is 158 Å². The first-order chi connectivity index (χ1) is 12.8. The molecular formula is C16H18N6O5. The van der Waals surface area contributed by atoms with Crippen molar-refractivity contribution in [2.45, 2.75) is 19.6 Å². The zero-order valence-corrected chi connectivity index (χ0v) is 14.5. The second-order valence-corrected chi connectivity index (χ2v) is 6.00. The van der Waals surface area contributed by atoms with Crippen LogP contribution in [0.5, 0.6) is 11.5 Å². The molecule has 0 aliphatic heterocycles. The van der Waals surface area contributed by atoms with E-state index in [9.17, 15) is 24.9 Å². The number of nitrogens with zero attached hydrogens (tertiary/aromatic N) is 4. The predicted octanol–water partition coefficient (Wildman–Crippen LogP) is -0.339. The molecule has 0 spiro atoms. The Labute approximate surface area is 151 Å². The summed E-state index contributed by atoms with van der Waals surface area (Å²) in [7, 11) is 1.46. The summed E-state index contributed by atoms with van der Waals surface area (Å²) < 4.78 is 2.59. The smallest absolute Gasteiger partial charge is 0.329 e. The Balaban J connectivity index is 2.04. The highest BCUT2D eigenvalue weighted by Gasteiger charge is 2.18. The van der Waals surface area contributed by atoms with Crippen molar-refractivity contribution in [3.63, 3.8) is 0 Å². The van der Waals surface area contributed by atoms with Gasteiger partial charge in [0, 0.05) is 18.7 Å². The van der Waals surface area contributed by atoms with Crippen molar-refractivity contribution in [3.05, 3.63) is 44.6 Å². The maximum absolute atomic E-state index is 12.2. The maximum Gasteiger partial charge on any atom is 0.329 e. The predicted molar refractivity (Wildman–Crippen MR) is 98.3 cm³/mol. The zero-order chi connectivity index (χ0) is 19.7. The molecule has 11 heteroatoms. The zero-order valence-electron chi connectivity index (χ0n) is 14.5. The summed E-state index contributed by atoms with van der Waals surface area (Å²) in [5.74, 6) is -0.125. The number of hydrogen-bond acceptors (Lipinski definition) is 8. The van der Waals surface area contributed by atoms with Crippen molar-refractivity contribution in [1.29, 1.82) is 0 Å². The first-order valence-corrected chi connectivity index (χ1v) is 7.96. The molecular weight excluding hydrogens is 356 g/mol. The van der Waals surface area contributed by atoms with Crippen LogP contribution in [0.4, 0.5) is 5.95 Å². The van der Waals surface area contributed by atoms with Crippen molar-refractivity contribution in [2.75, 3.05) is 5.43 Å². The van der Waals surface area contributed by atoms with E-state index in [0.717, 1.165) is 0 Å². The lowest BCUT2D eigenvalue weighted by Crippen LogP contribution is -2.29. The number of aromatic hydroxyl groups is 2. The van der Waals surface area contributed by atoms with Crippen LogP contribution in [0.25, 0.3) is 11.2 Å². The number of phenols is 2. The van der Waals surface area contributed by atoms with E-state index in [1.54, 1.807) is 6.92 Å². The van der Waals surface area contributed by atoms with Crippen molar-refractivity contribution < 1.29 is 15.3 Å². The number of imidazole rings is 1. The first kappa shape index (κ1) is 18.2. The molecule has 2 heterocycles. The monoisotopic (exact) mass is 374 g/mol. The molecule has 27 heavy (non-hydrogen) atoms. The number of phenolic OH excluding ortho intramolecular Hbond substituents is 2. The highest BCUT2D eigenvalue weighted by Crippen LogP contribution is 2.21. The summed E-state index contributed by atoms with van der Waals surface area (Å²) in [6, 6.07) is 4.02. The van der Waals surface area contributed by atoms with Crippen LogP contribution in [0.1, 0.15) is 12.5 Å². The van der Waals surface area contributed by atoms with Gasteiger partial charge in [-0.1, -0.05) is 0 Å². The number of benzene rings is 1. The van der Waals surface area contributed by atoms with Crippen LogP contribution in [0.2, 0.25) is 0 Å². The van der Waals surface area contributed by atoms with Crippen molar-refractivity contribution in [2.24, 2.45) is 12.1 Å². The number of fused-ring (bicyclic) bond motifs is 1. The van der Waals surface area contributed by atoms with Crippen molar-refractivity contribution in [1.82, 2.24) is 19.1 Å². The lowest BCUT2D eigenvalue weighted by Gasteiger charge is -2.09. The first-order valence-electron chi connectivity index (χ1n) is 7.96. The second kappa shape index (κ2) is 6.96. The van der Waals surface area contributed by atoms with Gasteiger partial charge in [-0.25, -0.2) is 10.2 Å². The van der Waals surface area contributed by atoms with Gasteiger partial charge in [0.1, 0.15) is 11.5 Å². The van der Waals surface area contributed by atoms with E-state index in [-0.39, 0.29) is 35.2 Å². The van der Waals surface area contributed by atoms with Crippen LogP contribution in [-0.4, -0.2) is 46.7 Å². The fourth-order valence-electron chi connectivity index (χ4n) is 2.56. The van der Waals surface area contributed by atoms with E-state index in [1.807, 2.05) is 0 Å². The molecule has 0 radical (unpaired) electrons. The standard InChI is InChI=1S/C16H18N6O5/c1-8(23)7-22-12-13(21(2)16(27)19-14(12)26)18-15(22)20-17-6-9-3-4-10(24)5-11(9)25/h3-6,8,23-25H,7H2,1-2H3,(H,18,20)(H,19,26,27). The van der Waals surface area contributed by atoms with E-state index in [2.05, 4.69) is 20.5 Å². The number of aryl methyl sites for hydroxylation is 1. The van der Waals surface area contributed by atoms with E-state index in [0.29, 0.717) is 5.56 Å². The van der Waals surface area contributed by atoms with Gasteiger partial charge in [0.2, 0.25) is 5.95 Å². The fourth-order valence-corrected chi connectivity index (χ4v) is 2.56. The summed E-state index contributed by atoms with van der Waals surface area (Å²) >= 11 is 0. The lowest BCUT2D eigenvalue weighted by molar-refractivity contribution is 0.175. The summed E-state index contributed by atoms with van der Waals surface area (Å²) in [4.78, 5) is 30.4. The Kier molecular flexibility index (Phi) is 4.69. The molecule has 0 aliphatic rings. The Morgan fingerprint density at radius 2 is 2.11 bits per heavy atom. The van der Waals surface area contributed by atoms with Crippen molar-refractivity contribution >= 4 is 23.3 Å². The normalized spacial score (nSPS) is 12.7. The summed E-state index contributed by atoms with van der Waals surface area (Å²) in [5.41, 5.74) is 1.98. The molecule has 0 saturated carbocycles. The third-order valence-corrected chi connectivity index (χ3v) is 3.84. The number of aromatic amines is 1. The van der Waals surface area contributed by atoms with E-state index in [1.165, 1.54) is 40.6 Å². The van der Waals surface area contributed by atoms with Crippen LogP contribution in [0.3, 0.4) is 0 Å². The molecule has 1 aromatic carbocycles. The average molecular weight is 374 g/mol. The summed E-state index contributed by atoms with van der Waals surface area (Å²) in [6.07, 6.45) is 0.508. The SMILES string of the molecule is CC(O)Cn1c(NN=Cc2ccc(O)cc2O)nc2c1c(=O)[nH]c(=O)n2C. The molecule has 0 fully saturated rings. The third-order valence-electron chi connectivity index (χ3n) is 3.84. The van der Waals surface area contributed by atoms with Gasteiger partial charge in [0.25, 0.3) is 5.56 Å². The molecule has 0 saturated heterocycles. The highest BCUT2D eigenvalue weighted by atomic mass is 16.3. The molecule has 1 unspecified atom stereocenters. The molecule has 3 aromatic rings. The number of rotatable bonds is 5. The number of aromatic nitrogens is 4. The average Bonchev–Trinajstić information content (AvgIpc) is 2.93. The van der Waals surface area contributed by atoms with E-state index < -0.39 is 17.4 Å². The van der Waals surface area contributed by atoms with Crippen LogP contribution >= 0.6 is 0 Å². The molecule has 1 atom stereocenters. The Bertz CT molecular complexity index is 1140. The molecule has 142 valence electrons. The van der Waals surface area contributed by atoms with E-state index in [4.69, 9.17) is 0 Å². The second-order valence-electron chi connectivity index (χ2n) is 6.00. The highest BCUT2D eigenvalue weighted by molar-refractivity contribution is 5.84. The fraction of sp³-hybridized carbons (Fsp3) is 0.250. The summed E-state index contributed by atoms with van der Waals surface area (Å²) in [5, 5.41) is 32.8. The van der Waals surface area contributed by atoms with Crippen LogP contribution < -0.4 is 16.7 Å². The number of nitrogens with one attached hydrogen (secondary N) is 2. The lowest BCUT2D eigenvalue weighted by atomic mass is 10.2. The Morgan fingerprint density at radius 1 is 1.37 bits per heavy atom. The molecule has 0 aliphatic carbocycles. The summed E-state index contributed by atoms with van der Waals surface area (Å²) in [6.45, 7) is 1.59. The molecule has 11 nitrogen and oxygen atoms in total. The van der Waals surface area contributed by atoms with Gasteiger partial charge in [0.15, 0.2) is 11.2 Å². The van der Waals surface area contributed by atoms with Gasteiger partial charge in [-0.3, -0.25) is 14.3 Å². The minimum Gasteiger partial charge on any atom is -0.508 e. The largest absolute Gasteiger partial charge is 0.508 e. The Hall–Kier alpha value is -3.60. The number of aliphatic hydroxyl groups excluding tert-OH is 1. The number of anilines is 1. The van der Waals surface area contributed by atoms with Crippen LogP contribution in [-0.2, 0) is 13.6 Å². The van der Waals surface area contributed by atoms with Crippen LogP contribution in [0.15, 0.2) is 32.9 Å². The van der Waals surface area contributed by atoms with Gasteiger partial charge in [-0.05, 0) is 19.1 Å². The quantitative estimate of drug-likeness (QED) is 0.302. The van der Waals surface area contributed by atoms with Gasteiger partial charge in [-0.15, -0.1) is 0 Å². The number of hydrogen-bond donors (Lipinski definition) is 5. The third kappa shape index (κ3) is 3.53. The van der Waals surface area contributed by atoms with Gasteiger partial charge < -0.3 is 19.9 Å². The maximum atomic E-state index is 12.2. The number of H-pyrrole nitrogens is 1. The minimum atomic E-state index is -0.787. The molecule has 3 rings (SSSR count). The minimum absolute atomic E-state index is 0.0418. The van der Waals surface area contributed by atoms with Crippen LogP contribution in [0, 0.1) is 0 Å². The number of hydrazone groups is 1. The van der Waals surface area contributed by atoms with Gasteiger partial charge >= 0.3 is 5.69 Å². The number of aliphatic hydroxyl groups is 1. The van der Waals surface area contributed by atoms with E-state index >= 15 is 0 Å². The molecule has 2 aromatic heterocycles. The Morgan fingerprint density at radius 3 is 2.78 bits per heavy atom. The molecule has 5 N–H and O–H groups in total.